The molecule has 0 bridgehead atoms. The number of rotatable bonds is 4. The fraction of sp³-hybridized carbons (Fsp3) is 0.250. The average molecular weight is 325 g/mol. The van der Waals surface area contributed by atoms with E-state index >= 15 is 0 Å². The number of hydrogen-bond acceptors (Lipinski definition) is 3. The van der Waals surface area contributed by atoms with Gasteiger partial charge in [-0.1, -0.05) is 38.1 Å². The summed E-state index contributed by atoms with van der Waals surface area (Å²) in [5.74, 6) is 1.13. The van der Waals surface area contributed by atoms with Crippen LogP contribution in [0.3, 0.4) is 0 Å². The predicted molar refractivity (Wildman–Crippen MR) is 84.8 cm³/mol. The zero-order valence-corrected chi connectivity index (χ0v) is 13.7. The lowest BCUT2D eigenvalue weighted by atomic mass is 9.97. The molecule has 3 nitrogen and oxygen atoms in total. The van der Waals surface area contributed by atoms with Crippen LogP contribution in [0, 0.1) is 6.92 Å². The van der Waals surface area contributed by atoms with Gasteiger partial charge >= 0.3 is 0 Å². The molecule has 0 fully saturated rings. The van der Waals surface area contributed by atoms with Crippen molar-refractivity contribution in [2.75, 3.05) is 0 Å². The van der Waals surface area contributed by atoms with Gasteiger partial charge in [-0.15, -0.1) is 0 Å². The van der Waals surface area contributed by atoms with Gasteiger partial charge in [0.05, 0.1) is 0 Å². The maximum absolute atomic E-state index is 11.8. The van der Waals surface area contributed by atoms with Crippen LogP contribution in [0.4, 0.5) is 0 Å². The first-order valence-electron chi connectivity index (χ1n) is 6.61. The highest BCUT2D eigenvalue weighted by molar-refractivity contribution is 8.13. The summed E-state index contributed by atoms with van der Waals surface area (Å²) in [6.07, 6.45) is 0. The molecular weight excluding hydrogens is 308 g/mol. The van der Waals surface area contributed by atoms with Crippen LogP contribution >= 0.6 is 10.7 Å². The predicted octanol–water partition coefficient (Wildman–Crippen LogP) is 4.84. The molecule has 21 heavy (non-hydrogen) atoms. The molecule has 0 aliphatic carbocycles. The van der Waals surface area contributed by atoms with Crippen LogP contribution in [0.15, 0.2) is 47.4 Å². The lowest BCUT2D eigenvalue weighted by Gasteiger charge is -2.17. The fourth-order valence-electron chi connectivity index (χ4n) is 2.23. The third-order valence-electron chi connectivity index (χ3n) is 3.26. The van der Waals surface area contributed by atoms with Gasteiger partial charge in [0, 0.05) is 10.7 Å². The second kappa shape index (κ2) is 6.08. The van der Waals surface area contributed by atoms with E-state index in [0.29, 0.717) is 11.5 Å². The molecule has 0 aliphatic heterocycles. The van der Waals surface area contributed by atoms with Crippen LogP contribution in [-0.2, 0) is 9.05 Å². The van der Waals surface area contributed by atoms with E-state index in [1.165, 1.54) is 6.07 Å². The first kappa shape index (κ1) is 15.9. The smallest absolute Gasteiger partial charge is 0.265 e. The molecule has 0 amide bonds. The van der Waals surface area contributed by atoms with Crippen molar-refractivity contribution in [3.05, 3.63) is 53.6 Å². The lowest BCUT2D eigenvalue weighted by Crippen LogP contribution is -2.02. The summed E-state index contributed by atoms with van der Waals surface area (Å²) < 4.78 is 29.3. The van der Waals surface area contributed by atoms with E-state index in [1.54, 1.807) is 18.2 Å². The number of halogens is 1. The highest BCUT2D eigenvalue weighted by Crippen LogP contribution is 2.37. The Morgan fingerprint density at radius 3 is 2.19 bits per heavy atom. The van der Waals surface area contributed by atoms with E-state index in [-0.39, 0.29) is 10.8 Å². The van der Waals surface area contributed by atoms with Gasteiger partial charge in [0.15, 0.2) is 5.75 Å². The zero-order valence-electron chi connectivity index (χ0n) is 12.1. The Balaban J connectivity index is 2.62. The molecule has 0 atom stereocenters. The van der Waals surface area contributed by atoms with Crippen LogP contribution in [0.25, 0.3) is 0 Å². The van der Waals surface area contributed by atoms with Gasteiger partial charge in [-0.25, -0.2) is 8.42 Å². The van der Waals surface area contributed by atoms with Crippen molar-refractivity contribution in [1.82, 2.24) is 0 Å². The van der Waals surface area contributed by atoms with Crippen molar-refractivity contribution < 1.29 is 13.2 Å². The maximum atomic E-state index is 11.8. The summed E-state index contributed by atoms with van der Waals surface area (Å²) in [5.41, 5.74) is 1.82. The summed E-state index contributed by atoms with van der Waals surface area (Å²) in [4.78, 5) is -0.00470. The molecule has 0 spiro atoms. The second-order valence-electron chi connectivity index (χ2n) is 5.11. The van der Waals surface area contributed by atoms with Crippen molar-refractivity contribution in [1.29, 1.82) is 0 Å². The van der Waals surface area contributed by atoms with E-state index in [9.17, 15) is 8.42 Å². The van der Waals surface area contributed by atoms with Crippen LogP contribution in [0.1, 0.15) is 30.9 Å². The zero-order chi connectivity index (χ0) is 15.6. The van der Waals surface area contributed by atoms with E-state index < -0.39 is 9.05 Å². The average Bonchev–Trinajstić information content (AvgIpc) is 2.40. The SMILES string of the molecule is Cc1c(C(C)C)ccc(S(=O)(=O)Cl)c1Oc1ccccc1. The minimum Gasteiger partial charge on any atom is -0.456 e. The maximum Gasteiger partial charge on any atom is 0.265 e. The van der Waals surface area contributed by atoms with E-state index in [4.69, 9.17) is 15.4 Å². The lowest BCUT2D eigenvalue weighted by molar-refractivity contribution is 0.463. The Morgan fingerprint density at radius 1 is 1.05 bits per heavy atom. The normalized spacial score (nSPS) is 11.7. The topological polar surface area (TPSA) is 43.4 Å². The molecule has 0 heterocycles. The molecule has 0 unspecified atom stereocenters. The summed E-state index contributed by atoms with van der Waals surface area (Å²) in [6.45, 7) is 5.94. The van der Waals surface area contributed by atoms with Crippen molar-refractivity contribution in [2.24, 2.45) is 0 Å². The Morgan fingerprint density at radius 2 is 1.67 bits per heavy atom. The largest absolute Gasteiger partial charge is 0.456 e. The van der Waals surface area contributed by atoms with Gasteiger partial charge < -0.3 is 4.74 Å². The van der Waals surface area contributed by atoms with E-state index in [2.05, 4.69) is 0 Å². The Kier molecular flexibility index (Phi) is 4.59. The van der Waals surface area contributed by atoms with Gasteiger partial charge in [-0.2, -0.15) is 0 Å². The monoisotopic (exact) mass is 324 g/mol. The molecule has 0 N–H and O–H groups in total. The molecule has 0 saturated carbocycles. The quantitative estimate of drug-likeness (QED) is 0.756. The summed E-state index contributed by atoms with van der Waals surface area (Å²) in [7, 11) is 1.65. The van der Waals surface area contributed by atoms with Gasteiger partial charge in [-0.3, -0.25) is 0 Å². The molecule has 0 saturated heterocycles. The van der Waals surface area contributed by atoms with Crippen LogP contribution < -0.4 is 4.74 Å². The minimum absolute atomic E-state index is 0.00470. The molecule has 2 aromatic rings. The van der Waals surface area contributed by atoms with Crippen molar-refractivity contribution in [2.45, 2.75) is 31.6 Å². The molecule has 0 radical (unpaired) electrons. The Bertz CT molecular complexity index is 738. The summed E-state index contributed by atoms with van der Waals surface area (Å²) in [6, 6.07) is 12.3. The Labute approximate surface area is 129 Å². The number of ether oxygens (including phenoxy) is 1. The molecule has 0 aromatic heterocycles. The number of hydrogen-bond donors (Lipinski definition) is 0. The Hall–Kier alpha value is -1.52. The first-order valence-corrected chi connectivity index (χ1v) is 8.92. The van der Waals surface area contributed by atoms with Crippen LogP contribution in [0.2, 0.25) is 0 Å². The second-order valence-corrected chi connectivity index (χ2v) is 7.65. The molecule has 0 aliphatic rings. The highest BCUT2D eigenvalue weighted by Gasteiger charge is 2.22. The number of para-hydroxylation sites is 1. The molecule has 2 aromatic carbocycles. The molecule has 112 valence electrons. The molecular formula is C16H17ClO3S. The standard InChI is InChI=1S/C16H17ClO3S/c1-11(2)14-9-10-15(21(17,18)19)16(12(14)3)20-13-7-5-4-6-8-13/h4-11H,1-3H3. The van der Waals surface area contributed by atoms with Gasteiger partial charge in [0.25, 0.3) is 9.05 Å². The third-order valence-corrected chi connectivity index (χ3v) is 4.61. The van der Waals surface area contributed by atoms with Gasteiger partial charge in [0.1, 0.15) is 10.6 Å². The van der Waals surface area contributed by atoms with Crippen LogP contribution in [0.5, 0.6) is 11.5 Å². The van der Waals surface area contributed by atoms with Gasteiger partial charge in [-0.05, 0) is 42.2 Å². The molecule has 5 heteroatoms. The van der Waals surface area contributed by atoms with Crippen LogP contribution in [-0.4, -0.2) is 8.42 Å². The highest BCUT2D eigenvalue weighted by atomic mass is 35.7. The van der Waals surface area contributed by atoms with Crippen molar-refractivity contribution >= 4 is 19.7 Å². The van der Waals surface area contributed by atoms with Crippen molar-refractivity contribution in [3.8, 4) is 11.5 Å². The van der Waals surface area contributed by atoms with Crippen molar-refractivity contribution in [3.63, 3.8) is 0 Å². The fourth-order valence-corrected chi connectivity index (χ4v) is 3.24. The first-order chi connectivity index (χ1) is 9.80. The minimum atomic E-state index is -3.87. The third kappa shape index (κ3) is 3.57. The summed E-state index contributed by atoms with van der Waals surface area (Å²) in [5, 5.41) is 0. The summed E-state index contributed by atoms with van der Waals surface area (Å²) >= 11 is 0. The van der Waals surface area contributed by atoms with Gasteiger partial charge in [0.2, 0.25) is 0 Å². The molecule has 2 rings (SSSR count). The van der Waals surface area contributed by atoms with E-state index in [1.807, 2.05) is 39.0 Å². The number of benzene rings is 2. The van der Waals surface area contributed by atoms with E-state index in [0.717, 1.165) is 11.1 Å².